The van der Waals surface area contributed by atoms with Crippen molar-refractivity contribution >= 4 is 17.7 Å². The van der Waals surface area contributed by atoms with Gasteiger partial charge in [-0.25, -0.2) is 4.98 Å². The molecule has 0 bridgehead atoms. The van der Waals surface area contributed by atoms with Gasteiger partial charge in [0.25, 0.3) is 0 Å². The van der Waals surface area contributed by atoms with Gasteiger partial charge in [-0.1, -0.05) is 17.8 Å². The molecule has 1 amide bonds. The van der Waals surface area contributed by atoms with Gasteiger partial charge in [0.1, 0.15) is 0 Å². The van der Waals surface area contributed by atoms with Crippen molar-refractivity contribution in [3.63, 3.8) is 0 Å². The number of likely N-dealkylation sites (tertiary alicyclic amines) is 1. The molecule has 1 aromatic heterocycles. The summed E-state index contributed by atoms with van der Waals surface area (Å²) in [4.78, 5) is 19.0. The molecule has 2 saturated heterocycles. The molecule has 2 aliphatic rings. The van der Waals surface area contributed by atoms with Crippen molar-refractivity contribution in [2.45, 2.75) is 37.6 Å². The topological polar surface area (TPSA) is 56.6 Å². The van der Waals surface area contributed by atoms with Crippen molar-refractivity contribution < 1.29 is 14.3 Å². The zero-order valence-corrected chi connectivity index (χ0v) is 16.6. The minimum atomic E-state index is -0.441. The minimum absolute atomic E-state index is 0.141. The molecule has 0 saturated carbocycles. The first kappa shape index (κ1) is 18.5. The van der Waals surface area contributed by atoms with Gasteiger partial charge >= 0.3 is 0 Å². The van der Waals surface area contributed by atoms with Crippen LogP contribution in [-0.2, 0) is 14.3 Å². The van der Waals surface area contributed by atoms with E-state index in [9.17, 15) is 4.79 Å². The first-order chi connectivity index (χ1) is 13.0. The van der Waals surface area contributed by atoms with Crippen LogP contribution in [0.25, 0.3) is 5.69 Å². The van der Waals surface area contributed by atoms with E-state index < -0.39 is 5.79 Å². The molecule has 27 heavy (non-hydrogen) atoms. The summed E-state index contributed by atoms with van der Waals surface area (Å²) in [6, 6.07) is 6.41. The van der Waals surface area contributed by atoms with Crippen LogP contribution < -0.4 is 0 Å². The predicted molar refractivity (Wildman–Crippen MR) is 104 cm³/mol. The number of amides is 1. The number of aromatic nitrogens is 2. The van der Waals surface area contributed by atoms with Crippen molar-refractivity contribution in [2.24, 2.45) is 0 Å². The second-order valence-electron chi connectivity index (χ2n) is 7.20. The zero-order valence-electron chi connectivity index (χ0n) is 15.8. The lowest BCUT2D eigenvalue weighted by Crippen LogP contribution is -2.47. The van der Waals surface area contributed by atoms with Gasteiger partial charge in [0.15, 0.2) is 10.9 Å². The Morgan fingerprint density at radius 1 is 1.15 bits per heavy atom. The number of aryl methyl sites for hydroxylation is 2. The van der Waals surface area contributed by atoms with Crippen LogP contribution >= 0.6 is 11.8 Å². The van der Waals surface area contributed by atoms with Crippen molar-refractivity contribution in [3.8, 4) is 5.69 Å². The van der Waals surface area contributed by atoms with E-state index in [0.717, 1.165) is 23.7 Å². The van der Waals surface area contributed by atoms with Crippen LogP contribution in [0.3, 0.4) is 0 Å². The third-order valence-corrected chi connectivity index (χ3v) is 6.06. The zero-order chi connectivity index (χ0) is 18.9. The van der Waals surface area contributed by atoms with Crippen LogP contribution in [0.15, 0.2) is 35.7 Å². The molecule has 6 nitrogen and oxygen atoms in total. The molecule has 0 atom stereocenters. The van der Waals surface area contributed by atoms with Gasteiger partial charge in [-0.05, 0) is 37.1 Å². The minimum Gasteiger partial charge on any atom is -0.347 e. The predicted octanol–water partition coefficient (Wildman–Crippen LogP) is 2.95. The lowest BCUT2D eigenvalue weighted by atomic mass is 10.0. The molecule has 1 spiro atoms. The molecule has 4 rings (SSSR count). The lowest BCUT2D eigenvalue weighted by Gasteiger charge is -2.37. The first-order valence-electron chi connectivity index (χ1n) is 9.35. The molecule has 2 aromatic rings. The van der Waals surface area contributed by atoms with Gasteiger partial charge in [-0.3, -0.25) is 9.36 Å². The quantitative estimate of drug-likeness (QED) is 0.755. The van der Waals surface area contributed by atoms with E-state index in [1.807, 2.05) is 15.7 Å². The van der Waals surface area contributed by atoms with Gasteiger partial charge in [-0.15, -0.1) is 0 Å². The summed E-state index contributed by atoms with van der Waals surface area (Å²) in [7, 11) is 0. The van der Waals surface area contributed by atoms with Crippen molar-refractivity contribution in [1.82, 2.24) is 14.5 Å². The number of imidazole rings is 1. The fourth-order valence-corrected chi connectivity index (χ4v) is 4.66. The van der Waals surface area contributed by atoms with E-state index in [4.69, 9.17) is 9.47 Å². The fraction of sp³-hybridized carbons (Fsp3) is 0.500. The summed E-state index contributed by atoms with van der Waals surface area (Å²) in [5, 5.41) is 0.837. The number of piperidine rings is 1. The molecule has 7 heteroatoms. The van der Waals surface area contributed by atoms with Crippen LogP contribution in [0.1, 0.15) is 24.0 Å². The molecule has 0 radical (unpaired) electrons. The van der Waals surface area contributed by atoms with Crippen molar-refractivity contribution in [3.05, 3.63) is 41.7 Å². The summed E-state index contributed by atoms with van der Waals surface area (Å²) in [5.74, 6) is 0.0857. The van der Waals surface area contributed by atoms with Crippen LogP contribution in [0.2, 0.25) is 0 Å². The summed E-state index contributed by atoms with van der Waals surface area (Å²) in [5.41, 5.74) is 3.50. The van der Waals surface area contributed by atoms with E-state index >= 15 is 0 Å². The highest BCUT2D eigenvalue weighted by atomic mass is 32.2. The summed E-state index contributed by atoms with van der Waals surface area (Å²) >= 11 is 1.48. The number of rotatable bonds is 4. The van der Waals surface area contributed by atoms with Gasteiger partial charge in [-0.2, -0.15) is 0 Å². The molecule has 2 fully saturated rings. The van der Waals surface area contributed by atoms with E-state index in [1.165, 1.54) is 22.9 Å². The highest BCUT2D eigenvalue weighted by Gasteiger charge is 2.40. The second-order valence-corrected chi connectivity index (χ2v) is 8.15. The molecule has 0 unspecified atom stereocenters. The van der Waals surface area contributed by atoms with Crippen LogP contribution in [0.5, 0.6) is 0 Å². The standard InChI is InChI=1S/C20H25N3O3S/c1-15-11-16(2)13-17(12-15)23-8-5-21-19(23)27-14-18(24)22-6-3-20(4-7-22)25-9-10-26-20/h5,8,11-13H,3-4,6-7,9-10,14H2,1-2H3. The number of ether oxygens (including phenoxy) is 2. The molecule has 2 aliphatic heterocycles. The van der Waals surface area contributed by atoms with Crippen molar-refractivity contribution in [1.29, 1.82) is 0 Å². The molecule has 3 heterocycles. The maximum absolute atomic E-state index is 12.6. The number of hydrogen-bond acceptors (Lipinski definition) is 5. The monoisotopic (exact) mass is 387 g/mol. The van der Waals surface area contributed by atoms with E-state index in [2.05, 4.69) is 37.0 Å². The van der Waals surface area contributed by atoms with E-state index in [0.29, 0.717) is 32.1 Å². The Morgan fingerprint density at radius 3 is 2.48 bits per heavy atom. The highest BCUT2D eigenvalue weighted by Crippen LogP contribution is 2.31. The third-order valence-electron chi connectivity index (χ3n) is 5.11. The summed E-state index contributed by atoms with van der Waals surface area (Å²) < 4.78 is 13.5. The van der Waals surface area contributed by atoms with Crippen LogP contribution in [0, 0.1) is 13.8 Å². The first-order valence-corrected chi connectivity index (χ1v) is 10.3. The Bertz CT molecular complexity index is 799. The van der Waals surface area contributed by atoms with E-state index in [1.54, 1.807) is 6.20 Å². The van der Waals surface area contributed by atoms with E-state index in [-0.39, 0.29) is 5.91 Å². The third kappa shape index (κ3) is 4.05. The average Bonchev–Trinajstić information content (AvgIpc) is 3.29. The Labute approximate surface area is 163 Å². The van der Waals surface area contributed by atoms with Crippen LogP contribution in [-0.4, -0.2) is 58.2 Å². The lowest BCUT2D eigenvalue weighted by molar-refractivity contribution is -0.186. The molecular formula is C20H25N3O3S. The normalized spacial score (nSPS) is 19.0. The highest BCUT2D eigenvalue weighted by molar-refractivity contribution is 7.99. The van der Waals surface area contributed by atoms with Gasteiger partial charge in [0, 0.05) is 44.0 Å². The maximum Gasteiger partial charge on any atom is 0.233 e. The number of hydrogen-bond donors (Lipinski definition) is 0. The SMILES string of the molecule is Cc1cc(C)cc(-n2ccnc2SCC(=O)N2CCC3(CC2)OCCO3)c1. The Balaban J connectivity index is 1.37. The number of nitrogens with zero attached hydrogens (tertiary/aromatic N) is 3. The summed E-state index contributed by atoms with van der Waals surface area (Å²) in [6.07, 6.45) is 5.23. The van der Waals surface area contributed by atoms with Crippen LogP contribution in [0.4, 0.5) is 0 Å². The second kappa shape index (κ2) is 7.66. The number of thioether (sulfide) groups is 1. The average molecular weight is 388 g/mol. The molecule has 0 aliphatic carbocycles. The van der Waals surface area contributed by atoms with Gasteiger partial charge < -0.3 is 14.4 Å². The van der Waals surface area contributed by atoms with Crippen molar-refractivity contribution in [2.75, 3.05) is 32.1 Å². The largest absolute Gasteiger partial charge is 0.347 e. The van der Waals surface area contributed by atoms with Gasteiger partial charge in [0.2, 0.25) is 5.91 Å². The van der Waals surface area contributed by atoms with Gasteiger partial charge in [0.05, 0.1) is 19.0 Å². The summed E-state index contributed by atoms with van der Waals surface area (Å²) in [6.45, 7) is 6.86. The molecule has 0 N–H and O–H groups in total. The smallest absolute Gasteiger partial charge is 0.233 e. The molecular weight excluding hydrogens is 362 g/mol. The molecule has 144 valence electrons. The number of carbonyl (C=O) groups is 1. The number of carbonyl (C=O) groups excluding carboxylic acids is 1. The fourth-order valence-electron chi connectivity index (χ4n) is 3.78. The number of benzene rings is 1. The maximum atomic E-state index is 12.6. The molecule has 1 aromatic carbocycles. The Morgan fingerprint density at radius 2 is 1.81 bits per heavy atom. The Hall–Kier alpha value is -1.83. The Kier molecular flexibility index (Phi) is 5.25.